The molecule has 3 aliphatic rings. The molecule has 11 heteroatoms. The van der Waals surface area contributed by atoms with Crippen LogP contribution >= 0.6 is 11.6 Å². The first-order valence-electron chi connectivity index (χ1n) is 15.4. The molecule has 0 saturated heterocycles. The molecule has 1 fully saturated rings. The van der Waals surface area contributed by atoms with Crippen molar-refractivity contribution in [2.24, 2.45) is 17.0 Å². The molecule has 0 aromatic heterocycles. The molecule has 1 heterocycles. The second-order valence-corrected chi connectivity index (χ2v) is 14.8. The molecule has 1 saturated carbocycles. The van der Waals surface area contributed by atoms with Crippen molar-refractivity contribution in [3.05, 3.63) is 70.3 Å². The lowest BCUT2D eigenvalue weighted by Gasteiger charge is -2.45. The summed E-state index contributed by atoms with van der Waals surface area (Å²) in [5, 5.41) is 26.2. The van der Waals surface area contributed by atoms with Gasteiger partial charge in [-0.3, -0.25) is 0 Å². The molecule has 0 bridgehead atoms. The van der Waals surface area contributed by atoms with Gasteiger partial charge >= 0.3 is 5.97 Å². The Morgan fingerprint density at radius 3 is 2.73 bits per heavy atom. The van der Waals surface area contributed by atoms with Gasteiger partial charge in [-0.1, -0.05) is 36.7 Å². The minimum absolute atomic E-state index is 0.0103. The number of nitrogens with two attached hydrogens (primary N) is 1. The van der Waals surface area contributed by atoms with Gasteiger partial charge in [-0.2, -0.15) is 0 Å². The number of nitrogens with zero attached hydrogens (tertiary/aromatic N) is 1. The molecule has 240 valence electrons. The number of aliphatic hydroxyl groups excluding tert-OH is 1. The molecule has 1 spiro atoms. The SMILES string of the molecule is CC[C@H]([C@@H](C/C=C/[C@H](O)[C@@H]1CC[C@H]1CN1C[C@@]2(CCCc3cc(Cl)ccc32)COc2ccc(C(=O)O)cc21)OC)S(N)(=O)=O. The highest BCUT2D eigenvalue weighted by Gasteiger charge is 2.44. The maximum Gasteiger partial charge on any atom is 0.335 e. The van der Waals surface area contributed by atoms with E-state index in [9.17, 15) is 23.4 Å². The maximum atomic E-state index is 12.0. The molecule has 0 radical (unpaired) electrons. The molecule has 5 rings (SSSR count). The Balaban J connectivity index is 1.37. The standard InChI is InChI=1S/C33H43ClN2O7S/c1-3-31(44(35,40)41)30(42-2)8-4-7-28(37)25-12-9-23(25)18-36-19-33(15-5-6-21-16-24(34)11-13-26(21)33)20-43-29-14-10-22(32(38)39)17-27(29)36/h4,7,10-11,13-14,16-17,23,25,28,30-31,37H,3,5-6,8-9,12,15,18-20H2,1-2H3,(H,38,39)(H2,35,40,41)/b7-4+/t23-,25+,28-,30+,31+,33-/m0/s1. The van der Waals surface area contributed by atoms with Crippen LogP contribution in [0.2, 0.25) is 5.02 Å². The number of hydrogen-bond donors (Lipinski definition) is 3. The quantitative estimate of drug-likeness (QED) is 0.292. The second kappa shape index (κ2) is 13.4. The van der Waals surface area contributed by atoms with Crippen molar-refractivity contribution in [2.45, 2.75) is 74.7 Å². The van der Waals surface area contributed by atoms with Crippen molar-refractivity contribution in [3.63, 3.8) is 0 Å². The predicted octanol–water partition coefficient (Wildman–Crippen LogP) is 4.93. The zero-order valence-electron chi connectivity index (χ0n) is 25.3. The third-order valence-corrected chi connectivity index (χ3v) is 11.6. The summed E-state index contributed by atoms with van der Waals surface area (Å²) in [6.07, 6.45) is 7.57. The second-order valence-electron chi connectivity index (χ2n) is 12.6. The van der Waals surface area contributed by atoms with Gasteiger partial charge in [-0.25, -0.2) is 18.4 Å². The number of anilines is 1. The van der Waals surface area contributed by atoms with Crippen LogP contribution in [0.4, 0.5) is 5.69 Å². The molecule has 0 unspecified atom stereocenters. The summed E-state index contributed by atoms with van der Waals surface area (Å²) in [6.45, 7) is 3.54. The summed E-state index contributed by atoms with van der Waals surface area (Å²) in [5.74, 6) is -0.148. The van der Waals surface area contributed by atoms with Gasteiger partial charge in [0.15, 0.2) is 0 Å². The van der Waals surface area contributed by atoms with Crippen LogP contribution in [0.3, 0.4) is 0 Å². The average molecular weight is 647 g/mol. The van der Waals surface area contributed by atoms with E-state index in [1.54, 1.807) is 37.3 Å². The number of hydrogen-bond acceptors (Lipinski definition) is 7. The summed E-state index contributed by atoms with van der Waals surface area (Å²) < 4.78 is 35.9. The average Bonchev–Trinajstić information content (AvgIpc) is 3.11. The van der Waals surface area contributed by atoms with E-state index in [4.69, 9.17) is 26.2 Å². The number of aromatic carboxylic acids is 1. The predicted molar refractivity (Wildman–Crippen MR) is 171 cm³/mol. The first-order valence-corrected chi connectivity index (χ1v) is 17.4. The highest BCUT2D eigenvalue weighted by molar-refractivity contribution is 7.89. The number of carboxylic acids is 1. The largest absolute Gasteiger partial charge is 0.490 e. The van der Waals surface area contributed by atoms with Crippen LogP contribution in [0.15, 0.2) is 48.6 Å². The van der Waals surface area contributed by atoms with Crippen molar-refractivity contribution in [3.8, 4) is 5.75 Å². The van der Waals surface area contributed by atoms with Crippen molar-refractivity contribution in [1.29, 1.82) is 0 Å². The topological polar surface area (TPSA) is 139 Å². The number of methoxy groups -OCH3 is 1. The van der Waals surface area contributed by atoms with Crippen LogP contribution in [-0.4, -0.2) is 68.9 Å². The van der Waals surface area contributed by atoms with E-state index in [-0.39, 0.29) is 22.8 Å². The monoisotopic (exact) mass is 646 g/mol. The number of halogens is 1. The van der Waals surface area contributed by atoms with E-state index in [1.807, 2.05) is 12.1 Å². The Labute approximate surface area is 265 Å². The van der Waals surface area contributed by atoms with E-state index >= 15 is 0 Å². The molecule has 2 aromatic carbocycles. The van der Waals surface area contributed by atoms with Crippen molar-refractivity contribution in [1.82, 2.24) is 0 Å². The first kappa shape index (κ1) is 32.8. The third-order valence-electron chi connectivity index (χ3n) is 9.90. The molecular formula is C33H43ClN2O7S. The number of carbonyl (C=O) groups is 1. The summed E-state index contributed by atoms with van der Waals surface area (Å²) >= 11 is 6.36. The number of benzene rings is 2. The Morgan fingerprint density at radius 1 is 1.27 bits per heavy atom. The number of fused-ring (bicyclic) bond motifs is 3. The van der Waals surface area contributed by atoms with Gasteiger partial charge in [-0.05, 0) is 98.2 Å². The lowest BCUT2D eigenvalue weighted by atomic mass is 9.68. The summed E-state index contributed by atoms with van der Waals surface area (Å²) in [7, 11) is -2.29. The van der Waals surface area contributed by atoms with Gasteiger partial charge in [0.1, 0.15) is 11.0 Å². The van der Waals surface area contributed by atoms with Crippen LogP contribution in [0.5, 0.6) is 5.75 Å². The summed E-state index contributed by atoms with van der Waals surface area (Å²) in [4.78, 5) is 14.2. The van der Waals surface area contributed by atoms with Gasteiger partial charge in [-0.15, -0.1) is 0 Å². The first-order chi connectivity index (χ1) is 21.0. The molecule has 1 aliphatic heterocycles. The summed E-state index contributed by atoms with van der Waals surface area (Å²) in [5.41, 5.74) is 3.14. The van der Waals surface area contributed by atoms with Crippen LogP contribution < -0.4 is 14.8 Å². The van der Waals surface area contributed by atoms with Crippen LogP contribution in [0.1, 0.15) is 66.9 Å². The molecule has 44 heavy (non-hydrogen) atoms. The molecule has 6 atom stereocenters. The molecular weight excluding hydrogens is 604 g/mol. The fraction of sp³-hybridized carbons (Fsp3) is 0.545. The maximum absolute atomic E-state index is 12.0. The Morgan fingerprint density at radius 2 is 2.07 bits per heavy atom. The number of sulfonamides is 1. The molecule has 9 nitrogen and oxygen atoms in total. The minimum Gasteiger partial charge on any atom is -0.490 e. The van der Waals surface area contributed by atoms with Crippen LogP contribution in [0, 0.1) is 11.8 Å². The van der Waals surface area contributed by atoms with Crippen molar-refractivity contribution >= 4 is 33.3 Å². The Bertz CT molecular complexity index is 1500. The van der Waals surface area contributed by atoms with E-state index in [1.165, 1.54) is 18.2 Å². The lowest BCUT2D eigenvalue weighted by Crippen LogP contribution is -2.49. The minimum atomic E-state index is -3.76. The van der Waals surface area contributed by atoms with Crippen molar-refractivity contribution in [2.75, 3.05) is 31.7 Å². The Kier molecular flexibility index (Phi) is 9.96. The smallest absolute Gasteiger partial charge is 0.335 e. The summed E-state index contributed by atoms with van der Waals surface area (Å²) in [6, 6.07) is 11.1. The fourth-order valence-electron chi connectivity index (χ4n) is 7.40. The lowest BCUT2D eigenvalue weighted by molar-refractivity contribution is 0.0451. The number of ether oxygens (including phenoxy) is 2. The zero-order chi connectivity index (χ0) is 31.6. The van der Waals surface area contributed by atoms with Gasteiger partial charge in [0, 0.05) is 30.6 Å². The van der Waals surface area contributed by atoms with Gasteiger partial charge in [0.05, 0.1) is 30.1 Å². The van der Waals surface area contributed by atoms with E-state index in [0.29, 0.717) is 43.3 Å². The number of aliphatic hydroxyl groups is 1. The number of primary sulfonamides is 1. The highest BCUT2D eigenvalue weighted by atomic mass is 35.5. The number of carboxylic acid groups (broad SMARTS) is 1. The third kappa shape index (κ3) is 6.79. The van der Waals surface area contributed by atoms with Crippen molar-refractivity contribution < 1.29 is 32.9 Å². The number of rotatable bonds is 11. The number of aryl methyl sites for hydroxylation is 1. The molecule has 4 N–H and O–H groups in total. The van der Waals surface area contributed by atoms with Gasteiger partial charge in [0.2, 0.25) is 10.0 Å². The van der Waals surface area contributed by atoms with Gasteiger partial charge < -0.3 is 24.6 Å². The normalized spacial score (nSPS) is 25.3. The molecule has 2 aliphatic carbocycles. The van der Waals surface area contributed by atoms with E-state index in [0.717, 1.165) is 37.8 Å². The highest BCUT2D eigenvalue weighted by Crippen LogP contribution is 2.46. The molecule has 2 aromatic rings. The van der Waals surface area contributed by atoms with E-state index < -0.39 is 33.5 Å². The van der Waals surface area contributed by atoms with Crippen LogP contribution in [0.25, 0.3) is 0 Å². The Hall–Kier alpha value is -2.63. The van der Waals surface area contributed by atoms with Crippen LogP contribution in [-0.2, 0) is 26.6 Å². The molecule has 0 amide bonds. The van der Waals surface area contributed by atoms with Gasteiger partial charge in [0.25, 0.3) is 0 Å². The fourth-order valence-corrected chi connectivity index (χ4v) is 8.71. The van der Waals surface area contributed by atoms with E-state index in [2.05, 4.69) is 11.0 Å². The zero-order valence-corrected chi connectivity index (χ0v) is 26.9.